The van der Waals surface area contributed by atoms with Gasteiger partial charge in [0.1, 0.15) is 11.6 Å². The predicted octanol–water partition coefficient (Wildman–Crippen LogP) is 7.96. The number of piperidine rings is 1. The molecule has 6 nitrogen and oxygen atoms in total. The van der Waals surface area contributed by atoms with Gasteiger partial charge in [0.05, 0.1) is 28.9 Å². The lowest BCUT2D eigenvalue weighted by Gasteiger charge is -2.40. The molecule has 3 heterocycles. The molecule has 1 saturated carbocycles. The normalized spacial score (nSPS) is 22.1. The highest BCUT2D eigenvalue weighted by atomic mass is 19.2. The smallest absolute Gasteiger partial charge is 0.160 e. The molecule has 204 valence electrons. The number of allylic oxidation sites excluding steroid dienone is 1. The summed E-state index contributed by atoms with van der Waals surface area (Å²) in [6, 6.07) is 10.6. The summed E-state index contributed by atoms with van der Waals surface area (Å²) < 4.78 is 41.7. The van der Waals surface area contributed by atoms with E-state index in [1.165, 1.54) is 12.1 Å². The van der Waals surface area contributed by atoms with Crippen LogP contribution in [0.25, 0.3) is 22.2 Å². The molecule has 1 aliphatic carbocycles. The Balaban J connectivity index is 1.50. The van der Waals surface area contributed by atoms with Crippen LogP contribution in [0.15, 0.2) is 53.2 Å². The first-order valence-electron chi connectivity index (χ1n) is 13.8. The number of imidazole rings is 1. The number of fused-ring (bicyclic) bond motifs is 1. The molecule has 2 fully saturated rings. The van der Waals surface area contributed by atoms with Crippen molar-refractivity contribution in [2.24, 2.45) is 0 Å². The minimum atomic E-state index is -0.861. The zero-order valence-corrected chi connectivity index (χ0v) is 22.7. The Bertz CT molecular complexity index is 1510. The van der Waals surface area contributed by atoms with Gasteiger partial charge in [0.15, 0.2) is 11.6 Å². The number of methoxy groups -OCH3 is 1. The Morgan fingerprint density at radius 3 is 2.49 bits per heavy atom. The first-order chi connectivity index (χ1) is 18.9. The van der Waals surface area contributed by atoms with E-state index in [1.54, 1.807) is 13.2 Å². The Morgan fingerprint density at radius 1 is 1.00 bits per heavy atom. The monoisotopic (exact) mass is 532 g/mol. The average molecular weight is 533 g/mol. The number of nitrogens with zero attached hydrogens (tertiary/aromatic N) is 4. The van der Waals surface area contributed by atoms with Crippen molar-refractivity contribution in [3.63, 3.8) is 0 Å². The van der Waals surface area contributed by atoms with E-state index in [4.69, 9.17) is 14.2 Å². The quantitative estimate of drug-likeness (QED) is 0.261. The number of halogens is 2. The van der Waals surface area contributed by atoms with Crippen LogP contribution in [0.2, 0.25) is 0 Å². The first kappa shape index (κ1) is 25.7. The maximum Gasteiger partial charge on any atom is 0.160 e. The van der Waals surface area contributed by atoms with Crippen LogP contribution in [0.1, 0.15) is 74.3 Å². The van der Waals surface area contributed by atoms with Crippen molar-refractivity contribution >= 4 is 16.7 Å². The second-order valence-electron chi connectivity index (χ2n) is 10.9. The molecule has 1 aliphatic heterocycles. The van der Waals surface area contributed by atoms with Crippen molar-refractivity contribution in [2.75, 3.05) is 12.0 Å². The number of rotatable bonds is 5. The third kappa shape index (κ3) is 4.54. The Hall–Kier alpha value is -3.52. The molecule has 6 rings (SSSR count). The van der Waals surface area contributed by atoms with Crippen LogP contribution in [0.4, 0.5) is 14.5 Å². The molecule has 2 aliphatic rings. The fraction of sp³-hybridized carbons (Fsp3) is 0.419. The fourth-order valence-corrected chi connectivity index (χ4v) is 6.54. The van der Waals surface area contributed by atoms with E-state index in [0.717, 1.165) is 90.1 Å². The summed E-state index contributed by atoms with van der Waals surface area (Å²) >= 11 is 0. The molecule has 0 bridgehead atoms. The lowest BCUT2D eigenvalue weighted by molar-refractivity contribution is 0.0584. The fourth-order valence-electron chi connectivity index (χ4n) is 6.54. The zero-order valence-electron chi connectivity index (χ0n) is 22.7. The van der Waals surface area contributed by atoms with Crippen LogP contribution in [-0.2, 0) is 4.74 Å². The van der Waals surface area contributed by atoms with Gasteiger partial charge in [-0.05, 0) is 88.6 Å². The maximum absolute atomic E-state index is 14.4. The van der Waals surface area contributed by atoms with Crippen LogP contribution < -0.4 is 4.90 Å². The molecule has 0 radical (unpaired) electrons. The second kappa shape index (κ2) is 10.2. The summed E-state index contributed by atoms with van der Waals surface area (Å²) in [5.41, 5.74) is 6.31. The molecule has 39 heavy (non-hydrogen) atoms. The molecule has 0 N–H and O–H groups in total. The topological polar surface area (TPSA) is 56.3 Å². The van der Waals surface area contributed by atoms with Crippen molar-refractivity contribution in [2.45, 2.75) is 77.0 Å². The highest BCUT2D eigenvalue weighted by Gasteiger charge is 2.34. The Labute approximate surface area is 227 Å². The van der Waals surface area contributed by atoms with Crippen LogP contribution in [0, 0.1) is 25.5 Å². The van der Waals surface area contributed by atoms with Crippen LogP contribution in [0.3, 0.4) is 0 Å². The summed E-state index contributed by atoms with van der Waals surface area (Å²) in [5.74, 6) is -0.00289. The molecular weight excluding hydrogens is 498 g/mol. The lowest BCUT2D eigenvalue weighted by atomic mass is 9.91. The van der Waals surface area contributed by atoms with Gasteiger partial charge >= 0.3 is 0 Å². The molecule has 8 heteroatoms. The van der Waals surface area contributed by atoms with Gasteiger partial charge in [0.2, 0.25) is 0 Å². The van der Waals surface area contributed by atoms with Crippen molar-refractivity contribution in [3.8, 4) is 11.1 Å². The molecular formula is C31H34F2N4O2. The zero-order chi connectivity index (χ0) is 27.3. The van der Waals surface area contributed by atoms with Gasteiger partial charge in [0.25, 0.3) is 0 Å². The van der Waals surface area contributed by atoms with Crippen LogP contribution in [-0.4, -0.2) is 27.9 Å². The Kier molecular flexibility index (Phi) is 6.75. The standard InChI is InChI=1S/C31H34F2N4O2/c1-18-6-5-7-29(36(18)23-11-14-25(32)26(33)17-23)31-34-27-16-21(30-19(2)35-39-20(30)3)8-15-28(27)37(31)22-9-12-24(38-4)13-10-22/h8,11,14-17,22,24,29H,1,5-7,9-10,12-13H2,2-4H3. The van der Waals surface area contributed by atoms with E-state index in [-0.39, 0.29) is 18.2 Å². The van der Waals surface area contributed by atoms with E-state index >= 15 is 0 Å². The van der Waals surface area contributed by atoms with Gasteiger partial charge in [0, 0.05) is 36.2 Å². The van der Waals surface area contributed by atoms with E-state index in [0.29, 0.717) is 5.69 Å². The van der Waals surface area contributed by atoms with Gasteiger partial charge in [-0.3, -0.25) is 0 Å². The lowest BCUT2D eigenvalue weighted by Crippen LogP contribution is -2.34. The highest BCUT2D eigenvalue weighted by molar-refractivity contribution is 5.84. The van der Waals surface area contributed by atoms with Crippen molar-refractivity contribution < 1.29 is 18.0 Å². The summed E-state index contributed by atoms with van der Waals surface area (Å²) in [7, 11) is 1.78. The molecule has 4 aromatic rings. The van der Waals surface area contributed by atoms with E-state index < -0.39 is 11.6 Å². The van der Waals surface area contributed by atoms with Gasteiger partial charge in [-0.2, -0.15) is 0 Å². The summed E-state index contributed by atoms with van der Waals surface area (Å²) in [5, 5.41) is 4.14. The van der Waals surface area contributed by atoms with Gasteiger partial charge in [-0.15, -0.1) is 0 Å². The third-order valence-electron chi connectivity index (χ3n) is 8.46. The summed E-state index contributed by atoms with van der Waals surface area (Å²) in [4.78, 5) is 7.32. The van der Waals surface area contributed by atoms with Crippen molar-refractivity contribution in [3.05, 3.63) is 77.6 Å². The maximum atomic E-state index is 14.4. The average Bonchev–Trinajstić information content (AvgIpc) is 3.48. The van der Waals surface area contributed by atoms with Gasteiger partial charge in [-0.25, -0.2) is 13.8 Å². The van der Waals surface area contributed by atoms with E-state index in [1.807, 2.05) is 13.8 Å². The van der Waals surface area contributed by atoms with Crippen LogP contribution >= 0.6 is 0 Å². The van der Waals surface area contributed by atoms with E-state index in [2.05, 4.69) is 39.4 Å². The molecule has 1 atom stereocenters. The number of benzene rings is 2. The number of anilines is 1. The highest BCUT2D eigenvalue weighted by Crippen LogP contribution is 2.44. The number of aromatic nitrogens is 3. The molecule has 2 aromatic heterocycles. The van der Waals surface area contributed by atoms with Gasteiger partial charge in [-0.1, -0.05) is 17.8 Å². The summed E-state index contributed by atoms with van der Waals surface area (Å²) in [6.45, 7) is 8.19. The second-order valence-corrected chi connectivity index (χ2v) is 10.9. The summed E-state index contributed by atoms with van der Waals surface area (Å²) in [6.07, 6.45) is 6.81. The first-order valence-corrected chi connectivity index (χ1v) is 13.8. The predicted molar refractivity (Wildman–Crippen MR) is 148 cm³/mol. The minimum Gasteiger partial charge on any atom is -0.381 e. The van der Waals surface area contributed by atoms with E-state index in [9.17, 15) is 8.78 Å². The number of aryl methyl sites for hydroxylation is 2. The molecule has 0 spiro atoms. The Morgan fingerprint density at radius 2 is 1.79 bits per heavy atom. The number of hydrogen-bond donors (Lipinski definition) is 0. The largest absolute Gasteiger partial charge is 0.381 e. The third-order valence-corrected chi connectivity index (χ3v) is 8.46. The molecule has 1 unspecified atom stereocenters. The van der Waals surface area contributed by atoms with Crippen molar-refractivity contribution in [1.82, 2.24) is 14.7 Å². The van der Waals surface area contributed by atoms with Crippen molar-refractivity contribution in [1.29, 1.82) is 0 Å². The molecule has 1 saturated heterocycles. The molecule has 0 amide bonds. The number of hydrogen-bond acceptors (Lipinski definition) is 5. The van der Waals surface area contributed by atoms with Gasteiger partial charge < -0.3 is 18.7 Å². The number of ether oxygens (including phenoxy) is 1. The SMILES string of the molecule is C=C1CCCC(c2nc3cc(-c4c(C)noc4C)ccc3n2C2CCC(OC)CC2)N1c1ccc(F)c(F)c1. The minimum absolute atomic E-state index is 0.147. The molecule has 2 aromatic carbocycles. The van der Waals surface area contributed by atoms with Crippen LogP contribution in [0.5, 0.6) is 0 Å².